The number of aromatic nitrogens is 2. The van der Waals surface area contributed by atoms with Crippen LogP contribution in [0, 0.1) is 13.8 Å². The number of amides is 1. The number of sulfone groups is 2. The molecule has 6 rings (SSSR count). The van der Waals surface area contributed by atoms with E-state index in [0.717, 1.165) is 0 Å². The van der Waals surface area contributed by atoms with Crippen molar-refractivity contribution in [1.82, 2.24) is 9.97 Å². The first kappa shape index (κ1) is 29.7. The van der Waals surface area contributed by atoms with Gasteiger partial charge in [-0.05, 0) is 68.4 Å². The monoisotopic (exact) mass is 631 g/mol. The van der Waals surface area contributed by atoms with Gasteiger partial charge < -0.3 is 15.2 Å². The van der Waals surface area contributed by atoms with Gasteiger partial charge in [0.2, 0.25) is 9.84 Å². The van der Waals surface area contributed by atoms with Gasteiger partial charge in [-0.15, -0.1) is 0 Å². The molecule has 226 valence electrons. The van der Waals surface area contributed by atoms with Gasteiger partial charge in [0.25, 0.3) is 10.8 Å². The van der Waals surface area contributed by atoms with Crippen LogP contribution in [0.1, 0.15) is 22.9 Å². The van der Waals surface area contributed by atoms with Crippen molar-refractivity contribution in [1.29, 1.82) is 0 Å². The molecule has 12 heteroatoms. The summed E-state index contributed by atoms with van der Waals surface area (Å²) in [4.78, 5) is 19.0. The summed E-state index contributed by atoms with van der Waals surface area (Å²) in [5.41, 5.74) is 8.36. The van der Waals surface area contributed by atoms with Gasteiger partial charge in [0.05, 0.1) is 34.5 Å². The second-order valence-corrected chi connectivity index (χ2v) is 14.8. The molecule has 1 amide bonds. The molecule has 2 aromatic heterocycles. The van der Waals surface area contributed by atoms with Crippen LogP contribution in [0.5, 0.6) is 5.75 Å². The van der Waals surface area contributed by atoms with Crippen molar-refractivity contribution in [2.24, 2.45) is 5.73 Å². The van der Waals surface area contributed by atoms with E-state index in [-0.39, 0.29) is 20.6 Å². The van der Waals surface area contributed by atoms with E-state index in [2.05, 4.69) is 9.97 Å². The summed E-state index contributed by atoms with van der Waals surface area (Å²) in [7, 11) is -8.28. The lowest BCUT2D eigenvalue weighted by atomic mass is 9.94. The average Bonchev–Trinajstić information content (AvgIpc) is 3.43. The fourth-order valence-corrected chi connectivity index (χ4v) is 11.1. The Labute approximate surface area is 254 Å². The lowest BCUT2D eigenvalue weighted by molar-refractivity contribution is -0.129. The Morgan fingerprint density at radius 3 is 1.98 bits per heavy atom. The van der Waals surface area contributed by atoms with E-state index >= 15 is 0 Å². The summed E-state index contributed by atoms with van der Waals surface area (Å²) in [5.74, 6) is -2.31. The van der Waals surface area contributed by atoms with Crippen LogP contribution in [0.4, 0.5) is 0 Å². The number of ether oxygens (including phenoxy) is 2. The zero-order valence-electron chi connectivity index (χ0n) is 24.1. The molecule has 1 aliphatic heterocycles. The largest absolute Gasteiger partial charge is 0.496 e. The summed E-state index contributed by atoms with van der Waals surface area (Å²) < 4.78 is 71.2. The van der Waals surface area contributed by atoms with Crippen LogP contribution >= 0.6 is 0 Å². The van der Waals surface area contributed by atoms with Gasteiger partial charge in [-0.1, -0.05) is 30.3 Å². The minimum Gasteiger partial charge on any atom is -0.496 e. The van der Waals surface area contributed by atoms with Crippen LogP contribution in [0.15, 0.2) is 94.7 Å². The first-order valence-corrected chi connectivity index (χ1v) is 16.7. The van der Waals surface area contributed by atoms with E-state index in [0.29, 0.717) is 33.7 Å². The highest BCUT2D eigenvalue weighted by molar-refractivity contribution is 7.97. The number of methoxy groups -OCH3 is 1. The molecule has 2 N–H and O–H groups in total. The third-order valence-corrected chi connectivity index (χ3v) is 12.8. The van der Waals surface area contributed by atoms with Crippen molar-refractivity contribution >= 4 is 47.4 Å². The fourth-order valence-electron chi connectivity index (χ4n) is 6.11. The first-order valence-electron chi connectivity index (χ1n) is 13.7. The van der Waals surface area contributed by atoms with Gasteiger partial charge in [-0.2, -0.15) is 0 Å². The Morgan fingerprint density at radius 1 is 0.818 bits per heavy atom. The number of benzene rings is 3. The number of carbonyl (C=O) groups excluding carboxylic acids is 1. The van der Waals surface area contributed by atoms with Crippen LogP contribution in [-0.4, -0.2) is 56.6 Å². The molecule has 3 unspecified atom stereocenters. The molecule has 0 saturated carbocycles. The van der Waals surface area contributed by atoms with Crippen molar-refractivity contribution in [3.8, 4) is 5.75 Å². The van der Waals surface area contributed by atoms with Crippen LogP contribution in [0.2, 0.25) is 0 Å². The van der Waals surface area contributed by atoms with E-state index in [1.807, 2.05) is 0 Å². The van der Waals surface area contributed by atoms with E-state index < -0.39 is 48.3 Å². The second kappa shape index (κ2) is 10.7. The third kappa shape index (κ3) is 4.35. The van der Waals surface area contributed by atoms with Gasteiger partial charge in [-0.25, -0.2) is 16.8 Å². The molecule has 0 radical (unpaired) electrons. The molecule has 3 heterocycles. The number of hydrogen-bond donors (Lipinski definition) is 1. The summed E-state index contributed by atoms with van der Waals surface area (Å²) in [6.45, 7) is 3.08. The number of para-hydroxylation sites is 1. The van der Waals surface area contributed by atoms with Gasteiger partial charge in [-0.3, -0.25) is 14.8 Å². The molecular formula is C32H29N3O7S2. The first-order chi connectivity index (χ1) is 20.9. The third-order valence-electron chi connectivity index (χ3n) is 8.09. The minimum atomic E-state index is -4.97. The smallest absolute Gasteiger partial charge is 0.270 e. The summed E-state index contributed by atoms with van der Waals surface area (Å²) in [6, 6.07) is 22.0. The summed E-state index contributed by atoms with van der Waals surface area (Å²) >= 11 is 0. The van der Waals surface area contributed by atoms with E-state index in [1.54, 1.807) is 74.5 Å². The highest BCUT2D eigenvalue weighted by atomic mass is 32.2. The van der Waals surface area contributed by atoms with E-state index in [9.17, 15) is 21.6 Å². The number of fused-ring (bicyclic) bond motifs is 2. The molecular weight excluding hydrogens is 603 g/mol. The van der Waals surface area contributed by atoms with Gasteiger partial charge in [0.1, 0.15) is 11.0 Å². The molecule has 10 nitrogen and oxygen atoms in total. The fraction of sp³-hybridized carbons (Fsp3) is 0.219. The molecule has 44 heavy (non-hydrogen) atoms. The van der Waals surface area contributed by atoms with E-state index in [4.69, 9.17) is 15.2 Å². The Kier molecular flexibility index (Phi) is 7.18. The quantitative estimate of drug-likeness (QED) is 0.280. The Bertz CT molecular complexity index is 2190. The zero-order chi connectivity index (χ0) is 31.4. The highest BCUT2D eigenvalue weighted by Gasteiger charge is 2.69. The second-order valence-electron chi connectivity index (χ2n) is 10.7. The Morgan fingerprint density at radius 2 is 1.39 bits per heavy atom. The molecule has 1 saturated heterocycles. The normalized spacial score (nSPS) is 20.6. The number of nitrogens with two attached hydrogens (primary N) is 1. The SMILES string of the molecule is COc1ccccc1C1COC(C(N)=O)(S(=O)(=O)c2cccc3nc(C)ccc23)C1S(=O)(=O)c1cccc2nc(C)ccc12. The maximum Gasteiger partial charge on any atom is 0.270 e. The van der Waals surface area contributed by atoms with Gasteiger partial charge in [0.15, 0.2) is 9.84 Å². The minimum absolute atomic E-state index is 0.198. The summed E-state index contributed by atoms with van der Waals surface area (Å²) in [6.07, 6.45) is 0. The number of pyridine rings is 2. The van der Waals surface area contributed by atoms with Crippen LogP contribution in [0.3, 0.4) is 0 Å². The maximum absolute atomic E-state index is 15.0. The van der Waals surface area contributed by atoms with Crippen molar-refractivity contribution in [3.63, 3.8) is 0 Å². The molecule has 0 bridgehead atoms. The zero-order valence-corrected chi connectivity index (χ0v) is 25.7. The lowest BCUT2D eigenvalue weighted by Crippen LogP contribution is -2.60. The highest BCUT2D eigenvalue weighted by Crippen LogP contribution is 2.51. The van der Waals surface area contributed by atoms with Crippen molar-refractivity contribution < 1.29 is 31.1 Å². The number of aryl methyl sites for hydroxylation is 2. The maximum atomic E-state index is 15.0. The van der Waals surface area contributed by atoms with E-state index in [1.165, 1.54) is 31.4 Å². The molecule has 3 aromatic carbocycles. The van der Waals surface area contributed by atoms with Gasteiger partial charge >= 0.3 is 0 Å². The number of carbonyl (C=O) groups is 1. The van der Waals surface area contributed by atoms with Crippen molar-refractivity contribution in [3.05, 3.63) is 102 Å². The predicted octanol–water partition coefficient (Wildman–Crippen LogP) is 4.02. The Hall–Kier alpha value is -4.39. The van der Waals surface area contributed by atoms with Crippen LogP contribution in [0.25, 0.3) is 21.8 Å². The topological polar surface area (TPSA) is 156 Å². The lowest BCUT2D eigenvalue weighted by Gasteiger charge is -2.33. The number of hydrogen-bond acceptors (Lipinski definition) is 9. The molecule has 0 spiro atoms. The predicted molar refractivity (Wildman–Crippen MR) is 165 cm³/mol. The Balaban J connectivity index is 1.69. The molecule has 1 aliphatic rings. The number of nitrogens with zero attached hydrogens (tertiary/aromatic N) is 2. The average molecular weight is 632 g/mol. The number of rotatable bonds is 7. The molecule has 3 atom stereocenters. The van der Waals surface area contributed by atoms with Crippen LogP contribution in [-0.2, 0) is 29.2 Å². The van der Waals surface area contributed by atoms with Crippen LogP contribution < -0.4 is 10.5 Å². The molecule has 1 fully saturated rings. The standard InChI is InChI=1S/C32H29N3O7S2/c1-19-14-16-22-25(34-19)9-6-12-28(22)43(37,38)30-24(21-8-4-5-11-27(21)41-3)18-42-32(30,31(33)36)44(39,40)29-13-7-10-26-23(29)17-15-20(2)35-26/h4-17,24,30H,18H2,1-3H3,(H2,33,36). The van der Waals surface area contributed by atoms with Gasteiger partial charge in [0, 0.05) is 33.6 Å². The van der Waals surface area contributed by atoms with Crippen molar-refractivity contribution in [2.75, 3.05) is 13.7 Å². The molecule has 5 aromatic rings. The van der Waals surface area contributed by atoms with Crippen molar-refractivity contribution in [2.45, 2.75) is 39.7 Å². The summed E-state index contributed by atoms with van der Waals surface area (Å²) in [5, 5.41) is -1.54. The number of primary amides is 1. The molecule has 0 aliphatic carbocycles.